The summed E-state index contributed by atoms with van der Waals surface area (Å²) in [5, 5.41) is 16.6. The standard InChI is InChI=1S/C18H14N4O3.C2H6/c23-18(13-4-6-17(7-5-13)22(24)25)21-16-3-1-2-15(12-16)20-14-8-10-19-11-9-14;1-2/h1-12H,(H,19,20)(H,21,23);1-2H3. The lowest BCUT2D eigenvalue weighted by atomic mass is 10.2. The number of hydrogen-bond donors (Lipinski definition) is 2. The van der Waals surface area contributed by atoms with Gasteiger partial charge in [-0.1, -0.05) is 19.9 Å². The van der Waals surface area contributed by atoms with Crippen molar-refractivity contribution in [2.45, 2.75) is 13.8 Å². The number of nitrogens with zero attached hydrogens (tertiary/aromatic N) is 2. The molecule has 0 saturated heterocycles. The van der Waals surface area contributed by atoms with Gasteiger partial charge in [-0.2, -0.15) is 0 Å². The molecule has 2 N–H and O–H groups in total. The van der Waals surface area contributed by atoms with Gasteiger partial charge in [0.05, 0.1) is 4.92 Å². The van der Waals surface area contributed by atoms with Crippen LogP contribution < -0.4 is 10.6 Å². The molecule has 0 saturated carbocycles. The predicted octanol–water partition coefficient (Wildman–Crippen LogP) is 5.01. The number of carbonyl (C=O) groups is 1. The number of nitro benzene ring substituents is 1. The van der Waals surface area contributed by atoms with E-state index in [0.717, 1.165) is 11.4 Å². The second-order valence-corrected chi connectivity index (χ2v) is 5.20. The van der Waals surface area contributed by atoms with E-state index < -0.39 is 4.92 Å². The monoisotopic (exact) mass is 364 g/mol. The van der Waals surface area contributed by atoms with Crippen molar-refractivity contribution in [3.8, 4) is 0 Å². The molecule has 3 aromatic rings. The molecule has 0 atom stereocenters. The van der Waals surface area contributed by atoms with Gasteiger partial charge >= 0.3 is 0 Å². The van der Waals surface area contributed by atoms with E-state index in [4.69, 9.17) is 0 Å². The quantitative estimate of drug-likeness (QED) is 0.490. The Hall–Kier alpha value is -3.74. The van der Waals surface area contributed by atoms with Crippen LogP contribution in [0.4, 0.5) is 22.7 Å². The van der Waals surface area contributed by atoms with Crippen LogP contribution in [0, 0.1) is 10.1 Å². The van der Waals surface area contributed by atoms with Gasteiger partial charge in [0.25, 0.3) is 11.6 Å². The van der Waals surface area contributed by atoms with Crippen LogP contribution in [0.3, 0.4) is 0 Å². The molecular formula is C20H20N4O3. The summed E-state index contributed by atoms with van der Waals surface area (Å²) in [7, 11) is 0. The highest BCUT2D eigenvalue weighted by molar-refractivity contribution is 6.04. The van der Waals surface area contributed by atoms with Crippen molar-refractivity contribution < 1.29 is 9.72 Å². The molecule has 27 heavy (non-hydrogen) atoms. The highest BCUT2D eigenvalue weighted by Crippen LogP contribution is 2.20. The lowest BCUT2D eigenvalue weighted by Gasteiger charge is -2.09. The summed E-state index contributed by atoms with van der Waals surface area (Å²) in [5.41, 5.74) is 2.60. The van der Waals surface area contributed by atoms with Crippen molar-refractivity contribution in [3.63, 3.8) is 0 Å². The van der Waals surface area contributed by atoms with Crippen molar-refractivity contribution in [1.82, 2.24) is 4.98 Å². The van der Waals surface area contributed by atoms with E-state index in [1.165, 1.54) is 24.3 Å². The van der Waals surface area contributed by atoms with E-state index >= 15 is 0 Å². The second-order valence-electron chi connectivity index (χ2n) is 5.20. The van der Waals surface area contributed by atoms with Crippen molar-refractivity contribution in [2.75, 3.05) is 10.6 Å². The number of carbonyl (C=O) groups excluding carboxylic acids is 1. The van der Waals surface area contributed by atoms with Crippen LogP contribution in [0.1, 0.15) is 24.2 Å². The van der Waals surface area contributed by atoms with Crippen LogP contribution in [-0.4, -0.2) is 15.8 Å². The van der Waals surface area contributed by atoms with Gasteiger partial charge in [0, 0.05) is 47.2 Å². The molecule has 0 aliphatic heterocycles. The maximum atomic E-state index is 12.3. The fraction of sp³-hybridized carbons (Fsp3) is 0.100. The van der Waals surface area contributed by atoms with E-state index in [1.54, 1.807) is 24.5 Å². The van der Waals surface area contributed by atoms with Gasteiger partial charge in [0.15, 0.2) is 0 Å². The minimum atomic E-state index is -0.504. The Morgan fingerprint density at radius 3 is 2.19 bits per heavy atom. The lowest BCUT2D eigenvalue weighted by Crippen LogP contribution is -2.11. The Kier molecular flexibility index (Phi) is 7.01. The van der Waals surface area contributed by atoms with Gasteiger partial charge < -0.3 is 10.6 Å². The summed E-state index contributed by atoms with van der Waals surface area (Å²) in [6.45, 7) is 4.00. The van der Waals surface area contributed by atoms with Crippen LogP contribution in [-0.2, 0) is 0 Å². The largest absolute Gasteiger partial charge is 0.355 e. The van der Waals surface area contributed by atoms with Crippen LogP contribution in [0.15, 0.2) is 73.1 Å². The summed E-state index contributed by atoms with van der Waals surface area (Å²) >= 11 is 0. The summed E-state index contributed by atoms with van der Waals surface area (Å²) < 4.78 is 0. The summed E-state index contributed by atoms with van der Waals surface area (Å²) in [5.74, 6) is -0.337. The normalized spacial score (nSPS) is 9.56. The fourth-order valence-corrected chi connectivity index (χ4v) is 2.21. The highest BCUT2D eigenvalue weighted by Gasteiger charge is 2.10. The van der Waals surface area contributed by atoms with Gasteiger partial charge in [0.2, 0.25) is 0 Å². The molecule has 0 spiro atoms. The molecule has 1 aromatic heterocycles. The molecular weight excluding hydrogens is 344 g/mol. The third-order valence-electron chi connectivity index (χ3n) is 3.43. The van der Waals surface area contributed by atoms with E-state index in [2.05, 4.69) is 15.6 Å². The van der Waals surface area contributed by atoms with E-state index in [9.17, 15) is 14.9 Å². The number of nitro groups is 1. The predicted molar refractivity (Wildman–Crippen MR) is 106 cm³/mol. The number of amides is 1. The van der Waals surface area contributed by atoms with Gasteiger partial charge in [-0.25, -0.2) is 0 Å². The number of pyridine rings is 1. The molecule has 0 fully saturated rings. The first kappa shape index (κ1) is 19.6. The first-order valence-corrected chi connectivity index (χ1v) is 8.45. The number of benzene rings is 2. The summed E-state index contributed by atoms with van der Waals surface area (Å²) in [6, 6.07) is 16.4. The maximum Gasteiger partial charge on any atom is 0.269 e. The SMILES string of the molecule is CC.O=C(Nc1cccc(Nc2ccncc2)c1)c1ccc([N+](=O)[O-])cc1. The highest BCUT2D eigenvalue weighted by atomic mass is 16.6. The Morgan fingerprint density at radius 2 is 1.56 bits per heavy atom. The first-order valence-electron chi connectivity index (χ1n) is 8.45. The smallest absolute Gasteiger partial charge is 0.269 e. The average molecular weight is 364 g/mol. The Bertz CT molecular complexity index is 897. The molecule has 0 bridgehead atoms. The zero-order valence-electron chi connectivity index (χ0n) is 15.0. The Labute approximate surface area is 157 Å². The zero-order chi connectivity index (χ0) is 19.6. The number of hydrogen-bond acceptors (Lipinski definition) is 5. The average Bonchev–Trinajstić information content (AvgIpc) is 2.70. The molecule has 7 nitrogen and oxygen atoms in total. The third-order valence-corrected chi connectivity index (χ3v) is 3.43. The van der Waals surface area contributed by atoms with Crippen LogP contribution in [0.25, 0.3) is 0 Å². The Morgan fingerprint density at radius 1 is 0.926 bits per heavy atom. The van der Waals surface area contributed by atoms with Gasteiger partial charge in [-0.3, -0.25) is 19.9 Å². The minimum absolute atomic E-state index is 0.0555. The maximum absolute atomic E-state index is 12.3. The van der Waals surface area contributed by atoms with Crippen LogP contribution >= 0.6 is 0 Å². The van der Waals surface area contributed by atoms with Crippen LogP contribution in [0.5, 0.6) is 0 Å². The first-order chi connectivity index (χ1) is 13.1. The van der Waals surface area contributed by atoms with Crippen molar-refractivity contribution >= 4 is 28.7 Å². The van der Waals surface area contributed by atoms with Gasteiger partial charge in [-0.15, -0.1) is 0 Å². The van der Waals surface area contributed by atoms with Crippen molar-refractivity contribution in [2.24, 2.45) is 0 Å². The fourth-order valence-electron chi connectivity index (χ4n) is 2.21. The van der Waals surface area contributed by atoms with Crippen molar-refractivity contribution in [1.29, 1.82) is 0 Å². The molecule has 1 amide bonds. The van der Waals surface area contributed by atoms with Crippen LogP contribution in [0.2, 0.25) is 0 Å². The molecule has 2 aromatic carbocycles. The molecule has 0 aliphatic rings. The molecule has 1 heterocycles. The third kappa shape index (κ3) is 5.64. The number of rotatable bonds is 5. The molecule has 0 aliphatic carbocycles. The van der Waals surface area contributed by atoms with E-state index in [0.29, 0.717) is 11.3 Å². The van der Waals surface area contributed by atoms with E-state index in [1.807, 2.05) is 38.1 Å². The van der Waals surface area contributed by atoms with Gasteiger partial charge in [-0.05, 0) is 42.5 Å². The summed E-state index contributed by atoms with van der Waals surface area (Å²) in [4.78, 5) is 26.4. The Balaban J connectivity index is 0.00000126. The zero-order valence-corrected chi connectivity index (χ0v) is 15.0. The molecule has 7 heteroatoms. The van der Waals surface area contributed by atoms with Gasteiger partial charge in [0.1, 0.15) is 0 Å². The molecule has 0 unspecified atom stereocenters. The van der Waals surface area contributed by atoms with E-state index in [-0.39, 0.29) is 11.6 Å². The number of anilines is 3. The lowest BCUT2D eigenvalue weighted by molar-refractivity contribution is -0.384. The van der Waals surface area contributed by atoms with Crippen molar-refractivity contribution in [3.05, 3.63) is 88.7 Å². The number of nitrogens with one attached hydrogen (secondary N) is 2. The minimum Gasteiger partial charge on any atom is -0.355 e. The number of non-ortho nitro benzene ring substituents is 1. The molecule has 138 valence electrons. The molecule has 3 rings (SSSR count). The number of aromatic nitrogens is 1. The second kappa shape index (κ2) is 9.67. The molecule has 0 radical (unpaired) electrons. The topological polar surface area (TPSA) is 97.2 Å². The summed E-state index contributed by atoms with van der Waals surface area (Å²) in [6.07, 6.45) is 3.37.